The van der Waals surface area contributed by atoms with Crippen LogP contribution in [0.5, 0.6) is 6.01 Å². The highest BCUT2D eigenvalue weighted by atomic mass is 16.5. The molecule has 2 rings (SSSR count). The minimum Gasteiger partial charge on any atom is -0.453 e. The number of ether oxygens (including phenoxy) is 1. The molecule has 0 saturated carbocycles. The van der Waals surface area contributed by atoms with E-state index in [2.05, 4.69) is 20.4 Å². The van der Waals surface area contributed by atoms with Crippen LogP contribution in [0.25, 0.3) is 0 Å². The highest BCUT2D eigenvalue weighted by molar-refractivity contribution is 5.90. The van der Waals surface area contributed by atoms with Crippen LogP contribution >= 0.6 is 0 Å². The van der Waals surface area contributed by atoms with Gasteiger partial charge in [0.2, 0.25) is 0 Å². The molecule has 94 valence electrons. The summed E-state index contributed by atoms with van der Waals surface area (Å²) in [5, 5.41) is 6.15. The Hall–Kier alpha value is -2.44. The van der Waals surface area contributed by atoms with E-state index in [9.17, 15) is 4.79 Å². The van der Waals surface area contributed by atoms with Gasteiger partial charge in [-0.3, -0.25) is 4.79 Å². The van der Waals surface area contributed by atoms with Gasteiger partial charge in [-0.15, -0.1) is 0 Å². The lowest BCUT2D eigenvalue weighted by Crippen LogP contribution is -2.21. The van der Waals surface area contributed by atoms with Gasteiger partial charge in [-0.1, -0.05) is 5.16 Å². The standard InChI is InChI=1S/C11H12N4O3/c1-7-3-4-12-11(13-7)17-6-10(16)14-9-5-8(2)18-15-9/h3-5H,6H2,1-2H3,(H,14,15,16). The third-order valence-corrected chi connectivity index (χ3v) is 2.00. The summed E-state index contributed by atoms with van der Waals surface area (Å²) in [4.78, 5) is 19.4. The number of anilines is 1. The maximum Gasteiger partial charge on any atom is 0.317 e. The molecule has 0 aromatic carbocycles. The van der Waals surface area contributed by atoms with E-state index < -0.39 is 0 Å². The van der Waals surface area contributed by atoms with E-state index in [4.69, 9.17) is 9.26 Å². The molecule has 18 heavy (non-hydrogen) atoms. The van der Waals surface area contributed by atoms with Crippen molar-refractivity contribution in [2.75, 3.05) is 11.9 Å². The Morgan fingerprint density at radius 2 is 2.33 bits per heavy atom. The first kappa shape index (κ1) is 12.0. The van der Waals surface area contributed by atoms with E-state index >= 15 is 0 Å². The third kappa shape index (κ3) is 3.27. The van der Waals surface area contributed by atoms with Gasteiger partial charge in [-0.25, -0.2) is 9.97 Å². The Kier molecular flexibility index (Phi) is 3.52. The van der Waals surface area contributed by atoms with Crippen molar-refractivity contribution in [3.63, 3.8) is 0 Å². The third-order valence-electron chi connectivity index (χ3n) is 2.00. The molecule has 0 saturated heterocycles. The van der Waals surface area contributed by atoms with Crippen molar-refractivity contribution in [2.24, 2.45) is 0 Å². The van der Waals surface area contributed by atoms with Gasteiger partial charge >= 0.3 is 6.01 Å². The van der Waals surface area contributed by atoms with E-state index in [1.807, 2.05) is 6.92 Å². The SMILES string of the molecule is Cc1ccnc(OCC(=O)Nc2cc(C)on2)n1. The number of carbonyl (C=O) groups is 1. The zero-order chi connectivity index (χ0) is 13.0. The Morgan fingerprint density at radius 3 is 3.00 bits per heavy atom. The molecule has 1 N–H and O–H groups in total. The highest BCUT2D eigenvalue weighted by Crippen LogP contribution is 2.07. The molecule has 0 spiro atoms. The maximum atomic E-state index is 11.5. The zero-order valence-electron chi connectivity index (χ0n) is 10.0. The normalized spacial score (nSPS) is 10.1. The maximum absolute atomic E-state index is 11.5. The van der Waals surface area contributed by atoms with Gasteiger partial charge < -0.3 is 14.6 Å². The summed E-state index contributed by atoms with van der Waals surface area (Å²) in [6, 6.07) is 3.52. The number of nitrogens with zero attached hydrogens (tertiary/aromatic N) is 3. The predicted molar refractivity (Wildman–Crippen MR) is 62.1 cm³/mol. The van der Waals surface area contributed by atoms with Gasteiger partial charge in [-0.05, 0) is 19.9 Å². The second kappa shape index (κ2) is 5.26. The van der Waals surface area contributed by atoms with Gasteiger partial charge in [0, 0.05) is 18.0 Å². The smallest absolute Gasteiger partial charge is 0.317 e. The molecule has 0 bridgehead atoms. The number of carbonyl (C=O) groups excluding carboxylic acids is 1. The first-order valence-electron chi connectivity index (χ1n) is 5.29. The first-order chi connectivity index (χ1) is 8.63. The minimum atomic E-state index is -0.353. The number of hydrogen-bond donors (Lipinski definition) is 1. The molecule has 0 radical (unpaired) electrons. The number of rotatable bonds is 4. The largest absolute Gasteiger partial charge is 0.453 e. The summed E-state index contributed by atoms with van der Waals surface area (Å²) in [5.74, 6) is 0.618. The summed E-state index contributed by atoms with van der Waals surface area (Å²) in [6.45, 7) is 3.36. The Morgan fingerprint density at radius 1 is 1.50 bits per heavy atom. The summed E-state index contributed by atoms with van der Waals surface area (Å²) in [6.07, 6.45) is 1.57. The van der Waals surface area contributed by atoms with E-state index in [0.717, 1.165) is 5.69 Å². The van der Waals surface area contributed by atoms with Crippen LogP contribution in [0.1, 0.15) is 11.5 Å². The molecule has 2 heterocycles. The molecular weight excluding hydrogens is 236 g/mol. The van der Waals surface area contributed by atoms with Crippen molar-refractivity contribution in [3.8, 4) is 6.01 Å². The van der Waals surface area contributed by atoms with Crippen LogP contribution in [0.15, 0.2) is 22.9 Å². The molecule has 7 nitrogen and oxygen atoms in total. The molecule has 1 amide bonds. The number of nitrogens with one attached hydrogen (secondary N) is 1. The van der Waals surface area contributed by atoms with Crippen molar-refractivity contribution in [3.05, 3.63) is 29.8 Å². The molecule has 0 atom stereocenters. The monoisotopic (exact) mass is 248 g/mol. The predicted octanol–water partition coefficient (Wildman–Crippen LogP) is 1.10. The lowest BCUT2D eigenvalue weighted by Gasteiger charge is -2.03. The fourth-order valence-electron chi connectivity index (χ4n) is 1.23. The number of amides is 1. The molecule has 2 aromatic heterocycles. The molecule has 0 aliphatic rings. The van der Waals surface area contributed by atoms with Crippen LogP contribution in [0, 0.1) is 13.8 Å². The summed E-state index contributed by atoms with van der Waals surface area (Å²) < 4.78 is 9.95. The van der Waals surface area contributed by atoms with Crippen molar-refractivity contribution >= 4 is 11.7 Å². The Bertz CT molecular complexity index is 553. The van der Waals surface area contributed by atoms with Crippen LogP contribution in [0.4, 0.5) is 5.82 Å². The van der Waals surface area contributed by atoms with E-state index in [0.29, 0.717) is 11.6 Å². The van der Waals surface area contributed by atoms with Gasteiger partial charge in [0.1, 0.15) is 5.76 Å². The van der Waals surface area contributed by atoms with Gasteiger partial charge in [0.05, 0.1) is 0 Å². The highest BCUT2D eigenvalue weighted by Gasteiger charge is 2.07. The van der Waals surface area contributed by atoms with Crippen LogP contribution in [-0.2, 0) is 4.79 Å². The van der Waals surface area contributed by atoms with Gasteiger partial charge in [0.25, 0.3) is 5.91 Å². The van der Waals surface area contributed by atoms with E-state index in [-0.39, 0.29) is 18.5 Å². The Balaban J connectivity index is 1.85. The lowest BCUT2D eigenvalue weighted by atomic mass is 10.5. The van der Waals surface area contributed by atoms with Crippen molar-refractivity contribution < 1.29 is 14.1 Å². The van der Waals surface area contributed by atoms with Crippen LogP contribution in [0.2, 0.25) is 0 Å². The molecule has 7 heteroatoms. The fraction of sp³-hybridized carbons (Fsp3) is 0.273. The molecule has 0 fully saturated rings. The average Bonchev–Trinajstić information content (AvgIpc) is 2.72. The van der Waals surface area contributed by atoms with E-state index in [1.54, 1.807) is 25.3 Å². The molecule has 0 aliphatic carbocycles. The fourth-order valence-corrected chi connectivity index (χ4v) is 1.23. The van der Waals surface area contributed by atoms with Gasteiger partial charge in [0.15, 0.2) is 12.4 Å². The summed E-state index contributed by atoms with van der Waals surface area (Å²) in [7, 11) is 0. The molecule has 0 aliphatic heterocycles. The van der Waals surface area contributed by atoms with Gasteiger partial charge in [-0.2, -0.15) is 0 Å². The Labute approximate surface area is 103 Å². The molecule has 2 aromatic rings. The molecule has 0 unspecified atom stereocenters. The second-order valence-corrected chi connectivity index (χ2v) is 3.64. The summed E-state index contributed by atoms with van der Waals surface area (Å²) >= 11 is 0. The molecular formula is C11H12N4O3. The van der Waals surface area contributed by atoms with Crippen molar-refractivity contribution in [1.82, 2.24) is 15.1 Å². The van der Waals surface area contributed by atoms with Crippen LogP contribution in [-0.4, -0.2) is 27.6 Å². The average molecular weight is 248 g/mol. The minimum absolute atomic E-state index is 0.168. The zero-order valence-corrected chi connectivity index (χ0v) is 10.0. The van der Waals surface area contributed by atoms with E-state index in [1.165, 1.54) is 0 Å². The quantitative estimate of drug-likeness (QED) is 0.871. The van der Waals surface area contributed by atoms with Crippen LogP contribution < -0.4 is 10.1 Å². The number of aryl methyl sites for hydroxylation is 2. The topological polar surface area (TPSA) is 90.1 Å². The number of aromatic nitrogens is 3. The summed E-state index contributed by atoms with van der Waals surface area (Å²) in [5.41, 5.74) is 0.771. The van der Waals surface area contributed by atoms with Crippen LogP contribution in [0.3, 0.4) is 0 Å². The lowest BCUT2D eigenvalue weighted by molar-refractivity contribution is -0.118. The van der Waals surface area contributed by atoms with Crippen molar-refractivity contribution in [1.29, 1.82) is 0 Å². The number of hydrogen-bond acceptors (Lipinski definition) is 6. The first-order valence-corrected chi connectivity index (χ1v) is 5.29. The van der Waals surface area contributed by atoms with Crippen molar-refractivity contribution in [2.45, 2.75) is 13.8 Å². The second-order valence-electron chi connectivity index (χ2n) is 3.64.